The molecule has 1 N–H and O–H groups in total. The molecule has 0 spiro atoms. The number of anilines is 1. The standard InChI is InChI=1S/C19H19FN4O3S2/c20-16-13-15(4-5-17(16)24-9-2-8-21-24)22-19(25)14-6-10-23(11-7-14)29(26,27)18-3-1-12-28-18/h1-5,8-9,12-14H,6-7,10-11H2,(H,22,25). The van der Waals surface area contributed by atoms with Crippen molar-refractivity contribution in [3.05, 3.63) is 60.0 Å². The average Bonchev–Trinajstić information content (AvgIpc) is 3.42. The molecule has 29 heavy (non-hydrogen) atoms. The van der Waals surface area contributed by atoms with E-state index in [0.29, 0.717) is 28.4 Å². The van der Waals surface area contributed by atoms with Crippen LogP contribution in [-0.2, 0) is 14.8 Å². The smallest absolute Gasteiger partial charge is 0.252 e. The summed E-state index contributed by atoms with van der Waals surface area (Å²) >= 11 is 1.18. The van der Waals surface area contributed by atoms with Crippen LogP contribution in [0, 0.1) is 11.7 Å². The first-order chi connectivity index (χ1) is 13.9. The van der Waals surface area contributed by atoms with E-state index in [9.17, 15) is 17.6 Å². The monoisotopic (exact) mass is 434 g/mol. The minimum Gasteiger partial charge on any atom is -0.326 e. The topological polar surface area (TPSA) is 84.3 Å². The quantitative estimate of drug-likeness (QED) is 0.669. The van der Waals surface area contributed by atoms with E-state index >= 15 is 0 Å². The van der Waals surface area contributed by atoms with Crippen molar-refractivity contribution >= 4 is 33.0 Å². The van der Waals surface area contributed by atoms with E-state index in [2.05, 4.69) is 10.4 Å². The SMILES string of the molecule is O=C(Nc1ccc(-n2cccn2)c(F)c1)C1CCN(S(=O)(=O)c2cccs2)CC1. The molecule has 0 saturated carbocycles. The molecule has 1 amide bonds. The number of nitrogens with one attached hydrogen (secondary N) is 1. The largest absolute Gasteiger partial charge is 0.326 e. The van der Waals surface area contributed by atoms with Gasteiger partial charge in [0.2, 0.25) is 5.91 Å². The van der Waals surface area contributed by atoms with E-state index in [1.54, 1.807) is 48.1 Å². The number of benzene rings is 1. The molecule has 10 heteroatoms. The third-order valence-corrected chi connectivity index (χ3v) is 8.15. The Kier molecular flexibility index (Phi) is 5.48. The van der Waals surface area contributed by atoms with Crippen LogP contribution in [0.4, 0.5) is 10.1 Å². The van der Waals surface area contributed by atoms with E-state index < -0.39 is 15.8 Å². The van der Waals surface area contributed by atoms with Gasteiger partial charge >= 0.3 is 0 Å². The molecule has 1 aliphatic rings. The van der Waals surface area contributed by atoms with E-state index in [1.165, 1.54) is 26.4 Å². The van der Waals surface area contributed by atoms with Crippen LogP contribution in [0.1, 0.15) is 12.8 Å². The lowest BCUT2D eigenvalue weighted by atomic mass is 9.97. The molecule has 0 bridgehead atoms. The van der Waals surface area contributed by atoms with Crippen molar-refractivity contribution in [2.45, 2.75) is 17.1 Å². The van der Waals surface area contributed by atoms with Crippen LogP contribution in [0.5, 0.6) is 0 Å². The summed E-state index contributed by atoms with van der Waals surface area (Å²) in [4.78, 5) is 12.6. The summed E-state index contributed by atoms with van der Waals surface area (Å²) in [6, 6.07) is 9.41. The van der Waals surface area contributed by atoms with Crippen molar-refractivity contribution in [3.63, 3.8) is 0 Å². The number of amides is 1. The first-order valence-electron chi connectivity index (χ1n) is 9.09. The number of sulfonamides is 1. The van der Waals surface area contributed by atoms with Crippen LogP contribution in [0.3, 0.4) is 0 Å². The fourth-order valence-electron chi connectivity index (χ4n) is 3.32. The van der Waals surface area contributed by atoms with Crippen molar-refractivity contribution in [1.29, 1.82) is 0 Å². The molecule has 0 radical (unpaired) electrons. The number of piperidine rings is 1. The third kappa shape index (κ3) is 4.09. The van der Waals surface area contributed by atoms with Crippen LogP contribution < -0.4 is 5.32 Å². The molecule has 7 nitrogen and oxygen atoms in total. The molecule has 1 aromatic carbocycles. The predicted molar refractivity (Wildman–Crippen MR) is 108 cm³/mol. The summed E-state index contributed by atoms with van der Waals surface area (Å²) in [7, 11) is -3.50. The van der Waals surface area contributed by atoms with Crippen molar-refractivity contribution in [2.24, 2.45) is 5.92 Å². The maximum Gasteiger partial charge on any atom is 0.252 e. The van der Waals surface area contributed by atoms with Gasteiger partial charge in [-0.1, -0.05) is 6.07 Å². The highest BCUT2D eigenvalue weighted by molar-refractivity contribution is 7.91. The molecule has 3 heterocycles. The van der Waals surface area contributed by atoms with Crippen LogP contribution in [0.25, 0.3) is 5.69 Å². The highest BCUT2D eigenvalue weighted by Gasteiger charge is 2.32. The summed E-state index contributed by atoms with van der Waals surface area (Å²) < 4.78 is 42.6. The Morgan fingerprint density at radius 3 is 2.62 bits per heavy atom. The first kappa shape index (κ1) is 19.7. The number of aromatic nitrogens is 2. The zero-order chi connectivity index (χ0) is 20.4. The van der Waals surface area contributed by atoms with E-state index in [0.717, 1.165) is 0 Å². The molecule has 0 aliphatic carbocycles. The zero-order valence-electron chi connectivity index (χ0n) is 15.4. The second-order valence-electron chi connectivity index (χ2n) is 6.72. The van der Waals surface area contributed by atoms with Gasteiger partial charge in [0, 0.05) is 37.1 Å². The Bertz CT molecular complexity index is 1090. The maximum absolute atomic E-state index is 14.3. The molecule has 152 valence electrons. The molecule has 3 aromatic rings. The molecular weight excluding hydrogens is 415 g/mol. The Hall–Kier alpha value is -2.56. The normalized spacial score (nSPS) is 16.0. The number of rotatable bonds is 5. The molecular formula is C19H19FN4O3S2. The summed E-state index contributed by atoms with van der Waals surface area (Å²) in [5.41, 5.74) is 0.650. The number of hydrogen-bond donors (Lipinski definition) is 1. The van der Waals surface area contributed by atoms with Crippen molar-refractivity contribution < 1.29 is 17.6 Å². The van der Waals surface area contributed by atoms with Crippen LogP contribution in [0.2, 0.25) is 0 Å². The zero-order valence-corrected chi connectivity index (χ0v) is 17.0. The summed E-state index contributed by atoms with van der Waals surface area (Å²) in [5, 5.41) is 8.45. The second-order valence-corrected chi connectivity index (χ2v) is 9.83. The van der Waals surface area contributed by atoms with Gasteiger partial charge in [0.25, 0.3) is 10.0 Å². The first-order valence-corrected chi connectivity index (χ1v) is 11.4. The lowest BCUT2D eigenvalue weighted by Crippen LogP contribution is -2.41. The van der Waals surface area contributed by atoms with Crippen molar-refractivity contribution in [3.8, 4) is 5.69 Å². The van der Waals surface area contributed by atoms with Gasteiger partial charge in [0.15, 0.2) is 5.82 Å². The minimum atomic E-state index is -3.50. The number of carbonyl (C=O) groups is 1. The Morgan fingerprint density at radius 1 is 1.21 bits per heavy atom. The molecule has 1 aliphatic heterocycles. The lowest BCUT2D eigenvalue weighted by molar-refractivity contribution is -0.120. The number of halogens is 1. The Morgan fingerprint density at radius 2 is 2.00 bits per heavy atom. The van der Waals surface area contributed by atoms with Gasteiger partial charge in [-0.15, -0.1) is 11.3 Å². The van der Waals surface area contributed by atoms with Crippen molar-refractivity contribution in [1.82, 2.24) is 14.1 Å². The third-order valence-electron chi connectivity index (χ3n) is 4.88. The van der Waals surface area contributed by atoms with Crippen LogP contribution >= 0.6 is 11.3 Å². The molecule has 1 fully saturated rings. The van der Waals surface area contributed by atoms with Crippen LogP contribution in [-0.4, -0.2) is 41.5 Å². The maximum atomic E-state index is 14.3. The molecule has 4 rings (SSSR count). The Labute approximate surface area is 171 Å². The fourth-order valence-corrected chi connectivity index (χ4v) is 5.94. The fraction of sp³-hybridized carbons (Fsp3) is 0.263. The van der Waals surface area contributed by atoms with Gasteiger partial charge < -0.3 is 5.32 Å². The van der Waals surface area contributed by atoms with Gasteiger partial charge in [-0.2, -0.15) is 9.40 Å². The van der Waals surface area contributed by atoms with Gasteiger partial charge in [-0.05, 0) is 48.6 Å². The number of hydrogen-bond acceptors (Lipinski definition) is 5. The molecule has 0 unspecified atom stereocenters. The highest BCUT2D eigenvalue weighted by Crippen LogP contribution is 2.27. The van der Waals surface area contributed by atoms with Gasteiger partial charge in [-0.3, -0.25) is 4.79 Å². The predicted octanol–water partition coefficient (Wildman–Crippen LogP) is 3.11. The molecule has 0 atom stereocenters. The van der Waals surface area contributed by atoms with Gasteiger partial charge in [-0.25, -0.2) is 17.5 Å². The summed E-state index contributed by atoms with van der Waals surface area (Å²) in [6.45, 7) is 0.565. The molecule has 2 aromatic heterocycles. The van der Waals surface area contributed by atoms with Crippen LogP contribution in [0.15, 0.2) is 58.4 Å². The van der Waals surface area contributed by atoms with Crippen molar-refractivity contribution in [2.75, 3.05) is 18.4 Å². The van der Waals surface area contributed by atoms with E-state index in [-0.39, 0.29) is 24.9 Å². The highest BCUT2D eigenvalue weighted by atomic mass is 32.2. The van der Waals surface area contributed by atoms with E-state index in [4.69, 9.17) is 0 Å². The van der Waals surface area contributed by atoms with E-state index in [1.807, 2.05) is 0 Å². The van der Waals surface area contributed by atoms with Gasteiger partial charge in [0.1, 0.15) is 9.90 Å². The second kappa shape index (κ2) is 8.05. The number of nitrogens with zero attached hydrogens (tertiary/aromatic N) is 3. The summed E-state index contributed by atoms with van der Waals surface area (Å²) in [5.74, 6) is -1.05. The number of thiophene rings is 1. The minimum absolute atomic E-state index is 0.232. The molecule has 1 saturated heterocycles. The summed E-state index contributed by atoms with van der Waals surface area (Å²) in [6.07, 6.45) is 4.03. The average molecular weight is 435 g/mol. The number of carbonyl (C=O) groups excluding carboxylic acids is 1. The Balaban J connectivity index is 1.37. The lowest BCUT2D eigenvalue weighted by Gasteiger charge is -2.30. The van der Waals surface area contributed by atoms with Gasteiger partial charge in [0.05, 0.1) is 0 Å².